The van der Waals surface area contributed by atoms with Crippen LogP contribution in [0.5, 0.6) is 11.5 Å². The second-order valence-electron chi connectivity index (χ2n) is 10.3. The summed E-state index contributed by atoms with van der Waals surface area (Å²) in [4.78, 5) is 18.0. The predicted octanol–water partition coefficient (Wildman–Crippen LogP) is 4.35. The minimum Gasteiger partial charge on any atom is -0.493 e. The highest BCUT2D eigenvalue weighted by atomic mass is 32.2. The molecule has 4 rings (SSSR count). The molecule has 0 unspecified atom stereocenters. The molecule has 10 heteroatoms. The summed E-state index contributed by atoms with van der Waals surface area (Å²) in [5.74, 6) is 2.36. The quantitative estimate of drug-likeness (QED) is 0.279. The first-order valence-electron chi connectivity index (χ1n) is 14.1. The van der Waals surface area contributed by atoms with Gasteiger partial charge in [0.15, 0.2) is 11.5 Å². The van der Waals surface area contributed by atoms with Gasteiger partial charge in [-0.05, 0) is 81.2 Å². The van der Waals surface area contributed by atoms with Crippen molar-refractivity contribution < 1.29 is 27.1 Å². The molecular weight excluding hydrogens is 542 g/mol. The van der Waals surface area contributed by atoms with Gasteiger partial charge in [0.25, 0.3) is 0 Å². The minimum atomic E-state index is -3.88. The van der Waals surface area contributed by atoms with Gasteiger partial charge in [0.1, 0.15) is 11.5 Å². The lowest BCUT2D eigenvalue weighted by atomic mass is 10.1. The van der Waals surface area contributed by atoms with Crippen LogP contribution in [-0.4, -0.2) is 81.9 Å². The topological polar surface area (TPSA) is 92.5 Å². The van der Waals surface area contributed by atoms with E-state index in [1.165, 1.54) is 10.7 Å². The molecule has 2 heterocycles. The molecule has 0 bridgehead atoms. The number of likely N-dealkylation sites (tertiary alicyclic amines) is 1. The molecule has 1 aliphatic rings. The number of rotatable bonds is 14. The van der Waals surface area contributed by atoms with Gasteiger partial charge in [0, 0.05) is 19.6 Å². The zero-order chi connectivity index (χ0) is 29.2. The number of ether oxygens (including phenoxy) is 2. The lowest BCUT2D eigenvalue weighted by Crippen LogP contribution is -2.46. The average Bonchev–Trinajstić information content (AvgIpc) is 3.42. The van der Waals surface area contributed by atoms with Gasteiger partial charge >= 0.3 is 0 Å². The van der Waals surface area contributed by atoms with E-state index in [0.717, 1.165) is 37.3 Å². The molecule has 0 atom stereocenters. The number of benzene rings is 2. The van der Waals surface area contributed by atoms with Gasteiger partial charge < -0.3 is 23.7 Å². The molecule has 41 heavy (non-hydrogen) atoms. The molecule has 1 aromatic heterocycles. The Bertz CT molecular complexity index is 1370. The zero-order valence-electron chi connectivity index (χ0n) is 24.3. The number of sulfonamides is 1. The van der Waals surface area contributed by atoms with Crippen molar-refractivity contribution in [3.05, 3.63) is 77.7 Å². The standard InChI is InChI=1S/C31H41N3O6S/c1-25-12-14-27(40-25)23-33(19-16-26-13-15-29(38-2)30(22-26)39-3)31(35)24-34(21-20-32-17-8-5-9-18-32)41(36,37)28-10-6-4-7-11-28/h4,6-7,10-15,22H,5,8-9,16-21,23-24H2,1-3H3. The van der Waals surface area contributed by atoms with Gasteiger partial charge in [-0.25, -0.2) is 8.42 Å². The van der Waals surface area contributed by atoms with Crippen molar-refractivity contribution in [2.75, 3.05) is 53.5 Å². The maximum Gasteiger partial charge on any atom is 0.243 e. The summed E-state index contributed by atoms with van der Waals surface area (Å²) in [6.45, 7) is 4.94. The van der Waals surface area contributed by atoms with Gasteiger partial charge in [0.2, 0.25) is 15.9 Å². The molecule has 2 aromatic carbocycles. The Morgan fingerprint density at radius 3 is 2.32 bits per heavy atom. The van der Waals surface area contributed by atoms with Crippen LogP contribution in [0.2, 0.25) is 0 Å². The van der Waals surface area contributed by atoms with Crippen LogP contribution in [0.1, 0.15) is 36.3 Å². The first-order chi connectivity index (χ1) is 19.8. The van der Waals surface area contributed by atoms with Crippen LogP contribution in [0, 0.1) is 6.92 Å². The van der Waals surface area contributed by atoms with Crippen molar-refractivity contribution in [3.63, 3.8) is 0 Å². The number of carbonyl (C=O) groups is 1. The van der Waals surface area contributed by atoms with Crippen molar-refractivity contribution in [2.24, 2.45) is 0 Å². The van der Waals surface area contributed by atoms with E-state index in [1.807, 2.05) is 37.3 Å². The molecule has 1 fully saturated rings. The lowest BCUT2D eigenvalue weighted by Gasteiger charge is -2.31. The molecule has 0 N–H and O–H groups in total. The first-order valence-corrected chi connectivity index (χ1v) is 15.6. The summed E-state index contributed by atoms with van der Waals surface area (Å²) >= 11 is 0. The van der Waals surface area contributed by atoms with E-state index in [4.69, 9.17) is 13.9 Å². The third-order valence-corrected chi connectivity index (χ3v) is 9.28. The number of furan rings is 1. The highest BCUT2D eigenvalue weighted by molar-refractivity contribution is 7.89. The normalized spacial score (nSPS) is 14.2. The molecule has 9 nitrogen and oxygen atoms in total. The second-order valence-corrected chi connectivity index (χ2v) is 12.3. The van der Waals surface area contributed by atoms with Gasteiger partial charge in [-0.15, -0.1) is 0 Å². The number of hydrogen-bond acceptors (Lipinski definition) is 7. The Kier molecular flexibility index (Phi) is 10.8. The summed E-state index contributed by atoms with van der Waals surface area (Å²) in [5.41, 5.74) is 0.968. The molecule has 1 aliphatic heterocycles. The van der Waals surface area contributed by atoms with Crippen LogP contribution in [0.3, 0.4) is 0 Å². The van der Waals surface area contributed by atoms with Gasteiger partial charge in [-0.2, -0.15) is 4.31 Å². The predicted molar refractivity (Wildman–Crippen MR) is 158 cm³/mol. The van der Waals surface area contributed by atoms with Crippen LogP contribution in [0.25, 0.3) is 0 Å². The third kappa shape index (κ3) is 8.34. The minimum absolute atomic E-state index is 0.185. The summed E-state index contributed by atoms with van der Waals surface area (Å²) in [6.07, 6.45) is 3.96. The van der Waals surface area contributed by atoms with E-state index in [2.05, 4.69) is 4.90 Å². The number of amides is 1. The average molecular weight is 584 g/mol. The third-order valence-electron chi connectivity index (χ3n) is 7.42. The fourth-order valence-corrected chi connectivity index (χ4v) is 6.46. The summed E-state index contributed by atoms with van der Waals surface area (Å²) < 4.78 is 45.4. The molecule has 0 spiro atoms. The van der Waals surface area contributed by atoms with Gasteiger partial charge in [-0.1, -0.05) is 30.7 Å². The Labute approximate surface area is 243 Å². The number of nitrogens with zero attached hydrogens (tertiary/aromatic N) is 3. The summed E-state index contributed by atoms with van der Waals surface area (Å²) in [5, 5.41) is 0. The summed E-state index contributed by atoms with van der Waals surface area (Å²) in [6, 6.07) is 17.7. The van der Waals surface area contributed by atoms with Crippen molar-refractivity contribution in [1.82, 2.24) is 14.1 Å². The SMILES string of the molecule is COc1ccc(CCN(Cc2ccc(C)o2)C(=O)CN(CCN2CCCCC2)S(=O)(=O)c2ccccc2)cc1OC. The smallest absolute Gasteiger partial charge is 0.243 e. The molecule has 0 radical (unpaired) electrons. The number of piperidine rings is 1. The van der Waals surface area contributed by atoms with E-state index in [0.29, 0.717) is 36.8 Å². The number of methoxy groups -OCH3 is 2. The fourth-order valence-electron chi connectivity index (χ4n) is 5.06. The molecule has 1 saturated heterocycles. The van der Waals surface area contributed by atoms with E-state index < -0.39 is 10.0 Å². The molecular formula is C31H41N3O6S. The monoisotopic (exact) mass is 583 g/mol. The molecule has 0 saturated carbocycles. The summed E-state index contributed by atoms with van der Waals surface area (Å²) in [7, 11) is -0.705. The lowest BCUT2D eigenvalue weighted by molar-refractivity contribution is -0.132. The van der Waals surface area contributed by atoms with Crippen molar-refractivity contribution in [3.8, 4) is 11.5 Å². The maximum atomic E-state index is 13.9. The number of carbonyl (C=O) groups excluding carboxylic acids is 1. The van der Waals surface area contributed by atoms with Gasteiger partial charge in [0.05, 0.1) is 32.2 Å². The Morgan fingerprint density at radius 1 is 0.927 bits per heavy atom. The number of hydrogen-bond donors (Lipinski definition) is 0. The first kappa shape index (κ1) is 30.6. The van der Waals surface area contributed by atoms with Crippen LogP contribution < -0.4 is 9.47 Å². The zero-order valence-corrected chi connectivity index (χ0v) is 25.1. The van der Waals surface area contributed by atoms with Crippen molar-refractivity contribution in [2.45, 2.75) is 44.0 Å². The van der Waals surface area contributed by atoms with Crippen LogP contribution >= 0.6 is 0 Å². The Hall–Kier alpha value is -3.34. The van der Waals surface area contributed by atoms with Gasteiger partial charge in [-0.3, -0.25) is 4.79 Å². The second kappa shape index (κ2) is 14.5. The highest BCUT2D eigenvalue weighted by Gasteiger charge is 2.29. The largest absolute Gasteiger partial charge is 0.493 e. The van der Waals surface area contributed by atoms with Crippen LogP contribution in [-0.2, 0) is 27.8 Å². The fraction of sp³-hybridized carbons (Fsp3) is 0.452. The van der Waals surface area contributed by atoms with E-state index in [9.17, 15) is 13.2 Å². The van der Waals surface area contributed by atoms with Crippen molar-refractivity contribution >= 4 is 15.9 Å². The molecule has 1 amide bonds. The highest BCUT2D eigenvalue weighted by Crippen LogP contribution is 2.28. The Balaban J connectivity index is 1.55. The number of aryl methyl sites for hydroxylation is 1. The van der Waals surface area contributed by atoms with E-state index in [-0.39, 0.29) is 30.4 Å². The molecule has 3 aromatic rings. The van der Waals surface area contributed by atoms with Crippen LogP contribution in [0.4, 0.5) is 0 Å². The van der Waals surface area contributed by atoms with Crippen LogP contribution in [0.15, 0.2) is 70.0 Å². The van der Waals surface area contributed by atoms with Crippen molar-refractivity contribution in [1.29, 1.82) is 0 Å². The Morgan fingerprint density at radius 2 is 1.66 bits per heavy atom. The molecule has 222 valence electrons. The van der Waals surface area contributed by atoms with E-state index >= 15 is 0 Å². The molecule has 0 aliphatic carbocycles. The van der Waals surface area contributed by atoms with E-state index in [1.54, 1.807) is 49.5 Å². The maximum absolute atomic E-state index is 13.9.